The van der Waals surface area contributed by atoms with Crippen LogP contribution in [-0.4, -0.2) is 40.8 Å². The predicted molar refractivity (Wildman–Crippen MR) is 63.6 cm³/mol. The van der Waals surface area contributed by atoms with Crippen molar-refractivity contribution in [3.05, 3.63) is 22.6 Å². The van der Waals surface area contributed by atoms with Crippen LogP contribution in [0.5, 0.6) is 0 Å². The Morgan fingerprint density at radius 2 is 2.31 bits per heavy atom. The van der Waals surface area contributed by atoms with Crippen LogP contribution in [0.3, 0.4) is 0 Å². The second-order valence-corrected chi connectivity index (χ2v) is 4.19. The van der Waals surface area contributed by atoms with Crippen molar-refractivity contribution >= 4 is 5.69 Å². The average Bonchev–Trinajstić information content (AvgIpc) is 2.30. The molecule has 1 aliphatic rings. The summed E-state index contributed by atoms with van der Waals surface area (Å²) in [4.78, 5) is 13.5. The van der Waals surface area contributed by atoms with E-state index in [0.717, 1.165) is 38.2 Å². The maximum atomic E-state index is 11.1. The Labute approximate surface area is 94.9 Å². The van der Waals surface area contributed by atoms with Crippen molar-refractivity contribution in [2.24, 2.45) is 0 Å². The summed E-state index contributed by atoms with van der Waals surface area (Å²) in [7, 11) is 0. The van der Waals surface area contributed by atoms with Gasteiger partial charge in [-0.2, -0.15) is 5.10 Å². The van der Waals surface area contributed by atoms with Crippen molar-refractivity contribution in [1.29, 1.82) is 0 Å². The number of nitrogens with one attached hydrogen (secondary N) is 2. The molecule has 2 rings (SSSR count). The molecule has 0 aromatic carbocycles. The van der Waals surface area contributed by atoms with Crippen molar-refractivity contribution in [2.75, 3.05) is 25.0 Å². The zero-order chi connectivity index (χ0) is 11.4. The molecule has 0 unspecified atom stereocenters. The average molecular weight is 222 g/mol. The SMILES string of the molecule is CCN1CCC(Nc2cn[nH]c(=O)c2)CC1. The number of anilines is 1. The van der Waals surface area contributed by atoms with Crippen molar-refractivity contribution in [3.63, 3.8) is 0 Å². The Morgan fingerprint density at radius 1 is 1.56 bits per heavy atom. The highest BCUT2D eigenvalue weighted by molar-refractivity contribution is 5.39. The highest BCUT2D eigenvalue weighted by Gasteiger charge is 2.17. The van der Waals surface area contributed by atoms with Gasteiger partial charge in [0.25, 0.3) is 5.56 Å². The van der Waals surface area contributed by atoms with Gasteiger partial charge in [-0.1, -0.05) is 6.92 Å². The van der Waals surface area contributed by atoms with E-state index in [4.69, 9.17) is 0 Å². The lowest BCUT2D eigenvalue weighted by Crippen LogP contribution is -2.39. The molecule has 0 spiro atoms. The second-order valence-electron chi connectivity index (χ2n) is 4.19. The largest absolute Gasteiger partial charge is 0.381 e. The lowest BCUT2D eigenvalue weighted by Gasteiger charge is -2.31. The quantitative estimate of drug-likeness (QED) is 0.789. The molecule has 0 amide bonds. The fourth-order valence-corrected chi connectivity index (χ4v) is 2.08. The van der Waals surface area contributed by atoms with Crippen molar-refractivity contribution < 1.29 is 0 Å². The van der Waals surface area contributed by atoms with E-state index in [1.165, 1.54) is 0 Å². The first-order chi connectivity index (χ1) is 7.78. The minimum absolute atomic E-state index is 0.156. The van der Waals surface area contributed by atoms with Crippen molar-refractivity contribution in [3.8, 4) is 0 Å². The van der Waals surface area contributed by atoms with Gasteiger partial charge in [0, 0.05) is 25.2 Å². The summed E-state index contributed by atoms with van der Waals surface area (Å²) in [5, 5.41) is 9.50. The van der Waals surface area contributed by atoms with Gasteiger partial charge in [0.1, 0.15) is 0 Å². The minimum atomic E-state index is -0.156. The number of aromatic amines is 1. The highest BCUT2D eigenvalue weighted by atomic mass is 16.1. The van der Waals surface area contributed by atoms with Crippen LogP contribution in [0.25, 0.3) is 0 Å². The normalized spacial score (nSPS) is 18.6. The predicted octanol–water partition coefficient (Wildman–Crippen LogP) is 0.666. The molecule has 0 bridgehead atoms. The third-order valence-electron chi connectivity index (χ3n) is 3.07. The summed E-state index contributed by atoms with van der Waals surface area (Å²) in [6.45, 7) is 5.57. The van der Waals surface area contributed by atoms with E-state index in [0.29, 0.717) is 6.04 Å². The van der Waals surface area contributed by atoms with E-state index in [9.17, 15) is 4.79 Å². The molecular formula is C11H18N4O. The number of aromatic nitrogens is 2. The number of hydrogen-bond donors (Lipinski definition) is 2. The standard InChI is InChI=1S/C11H18N4O/c1-2-15-5-3-9(4-6-15)13-10-7-11(16)14-12-8-10/h7-9H,2-6H2,1H3,(H2,13,14,16). The molecule has 0 atom stereocenters. The Balaban J connectivity index is 1.89. The van der Waals surface area contributed by atoms with Gasteiger partial charge in [-0.05, 0) is 19.4 Å². The molecule has 2 heterocycles. The molecule has 1 fully saturated rings. The van der Waals surface area contributed by atoms with Crippen LogP contribution in [0.15, 0.2) is 17.1 Å². The molecule has 16 heavy (non-hydrogen) atoms. The molecule has 88 valence electrons. The van der Waals surface area contributed by atoms with Crippen LogP contribution >= 0.6 is 0 Å². The lowest BCUT2D eigenvalue weighted by molar-refractivity contribution is 0.229. The van der Waals surface area contributed by atoms with Crippen LogP contribution < -0.4 is 10.9 Å². The molecule has 5 heteroatoms. The molecule has 1 saturated heterocycles. The van der Waals surface area contributed by atoms with E-state index in [1.807, 2.05) is 0 Å². The molecule has 0 radical (unpaired) electrons. The first kappa shape index (κ1) is 11.1. The van der Waals surface area contributed by atoms with Crippen molar-refractivity contribution in [1.82, 2.24) is 15.1 Å². The fraction of sp³-hybridized carbons (Fsp3) is 0.636. The summed E-state index contributed by atoms with van der Waals surface area (Å²) in [6, 6.07) is 2.02. The smallest absolute Gasteiger partial charge is 0.266 e. The highest BCUT2D eigenvalue weighted by Crippen LogP contribution is 2.14. The van der Waals surface area contributed by atoms with Gasteiger partial charge < -0.3 is 10.2 Å². The van der Waals surface area contributed by atoms with Gasteiger partial charge in [-0.25, -0.2) is 5.10 Å². The van der Waals surface area contributed by atoms with Crippen LogP contribution in [0.4, 0.5) is 5.69 Å². The van der Waals surface area contributed by atoms with Gasteiger partial charge in [-0.3, -0.25) is 4.79 Å². The third kappa shape index (κ3) is 2.82. The topological polar surface area (TPSA) is 61.0 Å². The number of piperidine rings is 1. The second kappa shape index (κ2) is 5.12. The number of hydrogen-bond acceptors (Lipinski definition) is 4. The summed E-state index contributed by atoms with van der Waals surface area (Å²) in [5.41, 5.74) is 0.662. The molecule has 1 aromatic heterocycles. The van der Waals surface area contributed by atoms with E-state index in [2.05, 4.69) is 27.3 Å². The van der Waals surface area contributed by atoms with Gasteiger partial charge >= 0.3 is 0 Å². The Morgan fingerprint density at radius 3 is 2.94 bits per heavy atom. The van der Waals surface area contributed by atoms with Crippen LogP contribution in [0, 0.1) is 0 Å². The van der Waals surface area contributed by atoms with Crippen molar-refractivity contribution in [2.45, 2.75) is 25.8 Å². The first-order valence-corrected chi connectivity index (χ1v) is 5.81. The zero-order valence-electron chi connectivity index (χ0n) is 9.57. The summed E-state index contributed by atoms with van der Waals surface area (Å²) in [5.74, 6) is 0. The molecule has 2 N–H and O–H groups in total. The molecular weight excluding hydrogens is 204 g/mol. The number of likely N-dealkylation sites (tertiary alicyclic amines) is 1. The Hall–Kier alpha value is -1.36. The van der Waals surface area contributed by atoms with Gasteiger partial charge in [0.15, 0.2) is 0 Å². The molecule has 1 aliphatic heterocycles. The van der Waals surface area contributed by atoms with E-state index in [-0.39, 0.29) is 5.56 Å². The minimum Gasteiger partial charge on any atom is -0.381 e. The first-order valence-electron chi connectivity index (χ1n) is 5.81. The summed E-state index contributed by atoms with van der Waals surface area (Å²) in [6.07, 6.45) is 3.91. The molecule has 1 aromatic rings. The van der Waals surface area contributed by atoms with Gasteiger partial charge in [0.05, 0.1) is 11.9 Å². The number of nitrogens with zero attached hydrogens (tertiary/aromatic N) is 2. The Bertz CT molecular complexity index is 382. The molecule has 5 nitrogen and oxygen atoms in total. The fourth-order valence-electron chi connectivity index (χ4n) is 2.08. The van der Waals surface area contributed by atoms with E-state index in [1.54, 1.807) is 12.3 Å². The van der Waals surface area contributed by atoms with Gasteiger partial charge in [0.2, 0.25) is 0 Å². The summed E-state index contributed by atoms with van der Waals surface area (Å²) >= 11 is 0. The van der Waals surface area contributed by atoms with E-state index >= 15 is 0 Å². The molecule has 0 aliphatic carbocycles. The lowest BCUT2D eigenvalue weighted by atomic mass is 10.1. The third-order valence-corrected chi connectivity index (χ3v) is 3.07. The molecule has 0 saturated carbocycles. The number of H-pyrrole nitrogens is 1. The van der Waals surface area contributed by atoms with Gasteiger partial charge in [-0.15, -0.1) is 0 Å². The zero-order valence-corrected chi connectivity index (χ0v) is 9.57. The Kier molecular flexibility index (Phi) is 3.56. The van der Waals surface area contributed by atoms with Crippen LogP contribution in [0.2, 0.25) is 0 Å². The monoisotopic (exact) mass is 222 g/mol. The number of rotatable bonds is 3. The van der Waals surface area contributed by atoms with E-state index < -0.39 is 0 Å². The summed E-state index contributed by atoms with van der Waals surface area (Å²) < 4.78 is 0. The maximum Gasteiger partial charge on any atom is 0.266 e. The maximum absolute atomic E-state index is 11.1. The van der Waals surface area contributed by atoms with Crippen LogP contribution in [-0.2, 0) is 0 Å². The van der Waals surface area contributed by atoms with Crippen LogP contribution in [0.1, 0.15) is 19.8 Å².